The van der Waals surface area contributed by atoms with Crippen LogP contribution in [0.1, 0.15) is 239 Å². The maximum Gasteiger partial charge on any atom is 0.306 e. The van der Waals surface area contributed by atoms with Crippen LogP contribution < -0.4 is 0 Å². The number of ether oxygens (including phenoxy) is 1. The third-order valence-electron chi connectivity index (χ3n) is 9.33. The van der Waals surface area contributed by atoms with Gasteiger partial charge in [0, 0.05) is 12.8 Å². The van der Waals surface area contributed by atoms with Gasteiger partial charge in [-0.15, -0.1) is 0 Å². The predicted octanol–water partition coefficient (Wildman–Crippen LogP) is 13.7. The van der Waals surface area contributed by atoms with Crippen LogP contribution in [0.25, 0.3) is 0 Å². The van der Waals surface area contributed by atoms with Gasteiger partial charge < -0.3 is 9.84 Å². The number of carbonyl (C=O) groups is 2. The van der Waals surface area contributed by atoms with Gasteiger partial charge in [-0.25, -0.2) is 0 Å². The molecule has 0 aromatic rings. The fraction of sp³-hybridized carbons (Fsp3) is 0.950. The minimum atomic E-state index is -0.764. The Bertz CT molecular complexity index is 590. The molecule has 0 heterocycles. The van der Waals surface area contributed by atoms with Crippen molar-refractivity contribution in [2.45, 2.75) is 245 Å². The zero-order valence-corrected chi connectivity index (χ0v) is 30.0. The van der Waals surface area contributed by atoms with Crippen LogP contribution in [0.4, 0.5) is 0 Å². The Morgan fingerprint density at radius 2 is 0.705 bits per heavy atom. The molecule has 4 nitrogen and oxygen atoms in total. The average molecular weight is 623 g/mol. The van der Waals surface area contributed by atoms with Crippen molar-refractivity contribution < 1.29 is 19.4 Å². The summed E-state index contributed by atoms with van der Waals surface area (Å²) < 4.78 is 5.84. The molecule has 0 bridgehead atoms. The second kappa shape index (κ2) is 36.4. The van der Waals surface area contributed by atoms with Crippen molar-refractivity contribution >= 4 is 11.9 Å². The molecule has 0 rings (SSSR count). The Balaban J connectivity index is 3.75. The highest BCUT2D eigenvalue weighted by molar-refractivity contribution is 5.69. The maximum atomic E-state index is 12.5. The van der Waals surface area contributed by atoms with Crippen molar-refractivity contribution in [2.24, 2.45) is 0 Å². The van der Waals surface area contributed by atoms with E-state index in [1.54, 1.807) is 0 Å². The summed E-state index contributed by atoms with van der Waals surface area (Å²) in [6.07, 6.45) is 42.6. The van der Waals surface area contributed by atoms with Gasteiger partial charge in [0.2, 0.25) is 0 Å². The van der Waals surface area contributed by atoms with Gasteiger partial charge in [-0.3, -0.25) is 9.59 Å². The first-order valence-corrected chi connectivity index (χ1v) is 20.0. The van der Waals surface area contributed by atoms with Crippen molar-refractivity contribution in [3.63, 3.8) is 0 Å². The maximum absolute atomic E-state index is 12.5. The molecule has 0 saturated heterocycles. The second-order valence-corrected chi connectivity index (χ2v) is 13.8. The number of hydrogen-bond acceptors (Lipinski definition) is 3. The quantitative estimate of drug-likeness (QED) is 0.0553. The van der Waals surface area contributed by atoms with Gasteiger partial charge in [-0.05, 0) is 32.1 Å². The number of carboxylic acid groups (broad SMARTS) is 1. The lowest BCUT2D eigenvalue weighted by molar-refractivity contribution is -0.150. The van der Waals surface area contributed by atoms with Gasteiger partial charge in [-0.1, -0.05) is 194 Å². The molecule has 1 N–H and O–H groups in total. The summed E-state index contributed by atoms with van der Waals surface area (Å²) in [5, 5.41) is 9.02. The van der Waals surface area contributed by atoms with Crippen LogP contribution in [0.5, 0.6) is 0 Å². The van der Waals surface area contributed by atoms with E-state index in [2.05, 4.69) is 13.8 Å². The van der Waals surface area contributed by atoms with Crippen molar-refractivity contribution in [3.05, 3.63) is 0 Å². The molecule has 0 aromatic heterocycles. The third kappa shape index (κ3) is 35.4. The number of carbonyl (C=O) groups excluding carboxylic acids is 1. The monoisotopic (exact) mass is 623 g/mol. The van der Waals surface area contributed by atoms with E-state index in [9.17, 15) is 9.59 Å². The van der Waals surface area contributed by atoms with Gasteiger partial charge in [0.05, 0.1) is 0 Å². The second-order valence-electron chi connectivity index (χ2n) is 13.8. The molecule has 0 amide bonds. The Kier molecular flexibility index (Phi) is 35.5. The summed E-state index contributed by atoms with van der Waals surface area (Å²) >= 11 is 0. The highest BCUT2D eigenvalue weighted by Crippen LogP contribution is 2.19. The first-order chi connectivity index (χ1) is 21.6. The lowest BCUT2D eigenvalue weighted by Gasteiger charge is -2.18. The van der Waals surface area contributed by atoms with Crippen molar-refractivity contribution in [1.82, 2.24) is 0 Å². The molecular formula is C40H78O4. The van der Waals surface area contributed by atoms with Crippen LogP contribution in [0.2, 0.25) is 0 Å². The topological polar surface area (TPSA) is 63.6 Å². The van der Waals surface area contributed by atoms with Crippen molar-refractivity contribution in [1.29, 1.82) is 0 Å². The van der Waals surface area contributed by atoms with E-state index in [1.807, 2.05) is 0 Å². The minimum absolute atomic E-state index is 0.0830. The van der Waals surface area contributed by atoms with E-state index in [1.165, 1.54) is 173 Å². The summed E-state index contributed by atoms with van der Waals surface area (Å²) in [7, 11) is 0. The number of rotatable bonds is 37. The van der Waals surface area contributed by atoms with Crippen LogP contribution in [0, 0.1) is 0 Å². The summed E-state index contributed by atoms with van der Waals surface area (Å²) in [4.78, 5) is 23.5. The largest absolute Gasteiger partial charge is 0.481 e. The van der Waals surface area contributed by atoms with E-state index in [0.717, 1.165) is 25.7 Å². The van der Waals surface area contributed by atoms with Gasteiger partial charge in [-0.2, -0.15) is 0 Å². The lowest BCUT2D eigenvalue weighted by atomic mass is 10.0. The van der Waals surface area contributed by atoms with Crippen molar-refractivity contribution in [3.8, 4) is 0 Å². The first kappa shape index (κ1) is 42.9. The molecule has 0 aromatic carbocycles. The molecule has 0 spiro atoms. The van der Waals surface area contributed by atoms with Crippen LogP contribution in [0.3, 0.4) is 0 Å². The molecule has 1 atom stereocenters. The van der Waals surface area contributed by atoms with Crippen LogP contribution in [0.15, 0.2) is 0 Å². The van der Waals surface area contributed by atoms with Gasteiger partial charge >= 0.3 is 11.9 Å². The Hall–Kier alpha value is -1.06. The van der Waals surface area contributed by atoms with Crippen LogP contribution in [-0.4, -0.2) is 23.1 Å². The van der Waals surface area contributed by atoms with E-state index in [4.69, 9.17) is 9.84 Å². The molecule has 0 saturated carbocycles. The van der Waals surface area contributed by atoms with Gasteiger partial charge in [0.25, 0.3) is 0 Å². The van der Waals surface area contributed by atoms with E-state index < -0.39 is 5.97 Å². The van der Waals surface area contributed by atoms with Crippen LogP contribution >= 0.6 is 0 Å². The Labute approximate surface area is 275 Å². The van der Waals surface area contributed by atoms with Gasteiger partial charge in [0.15, 0.2) is 0 Å². The van der Waals surface area contributed by atoms with Crippen molar-refractivity contribution in [2.75, 3.05) is 0 Å². The normalized spacial score (nSPS) is 12.0. The molecule has 0 radical (unpaired) electrons. The third-order valence-corrected chi connectivity index (χ3v) is 9.33. The molecule has 0 fully saturated rings. The molecule has 4 heteroatoms. The van der Waals surface area contributed by atoms with E-state index >= 15 is 0 Å². The molecule has 0 aliphatic carbocycles. The molecule has 0 aliphatic heterocycles. The van der Waals surface area contributed by atoms with E-state index in [0.29, 0.717) is 19.3 Å². The molecule has 0 aliphatic rings. The zero-order valence-electron chi connectivity index (χ0n) is 30.0. The lowest BCUT2D eigenvalue weighted by Crippen LogP contribution is -2.18. The number of unbranched alkanes of at least 4 members (excludes halogenated alkanes) is 28. The Morgan fingerprint density at radius 1 is 0.409 bits per heavy atom. The summed E-state index contributed by atoms with van der Waals surface area (Å²) in [5.41, 5.74) is 0. The minimum Gasteiger partial charge on any atom is -0.481 e. The number of carboxylic acids is 1. The molecule has 262 valence electrons. The zero-order chi connectivity index (χ0) is 32.2. The predicted molar refractivity (Wildman–Crippen MR) is 190 cm³/mol. The highest BCUT2D eigenvalue weighted by Gasteiger charge is 2.15. The summed E-state index contributed by atoms with van der Waals surface area (Å²) in [5.74, 6) is -0.847. The fourth-order valence-electron chi connectivity index (χ4n) is 6.37. The smallest absolute Gasteiger partial charge is 0.306 e. The molecular weight excluding hydrogens is 544 g/mol. The highest BCUT2D eigenvalue weighted by atomic mass is 16.5. The van der Waals surface area contributed by atoms with Gasteiger partial charge in [0.1, 0.15) is 6.10 Å². The number of hydrogen-bond donors (Lipinski definition) is 1. The number of esters is 1. The Morgan fingerprint density at radius 3 is 1.05 bits per heavy atom. The average Bonchev–Trinajstić information content (AvgIpc) is 3.00. The molecule has 44 heavy (non-hydrogen) atoms. The summed E-state index contributed by atoms with van der Waals surface area (Å²) in [6.45, 7) is 4.56. The molecule has 1 unspecified atom stereocenters. The number of aliphatic carboxylic acids is 1. The SMILES string of the molecule is CCCCCCCCCCCCCCCCCCCC(CCCC(=O)O)OC(=O)CCCCCCCCCCCCCCC. The summed E-state index contributed by atoms with van der Waals surface area (Å²) in [6, 6.07) is 0. The van der Waals surface area contributed by atoms with Crippen LogP contribution in [-0.2, 0) is 14.3 Å². The first-order valence-electron chi connectivity index (χ1n) is 20.0. The fourth-order valence-corrected chi connectivity index (χ4v) is 6.37. The van der Waals surface area contributed by atoms with E-state index in [-0.39, 0.29) is 18.5 Å². The standard InChI is InChI=1S/C40H78O4/c1-3-5-7-9-11-13-15-17-18-19-20-22-23-25-27-29-31-34-38(35-33-36-39(41)42)44-40(43)37-32-30-28-26-24-21-16-14-12-10-8-6-4-2/h38H,3-37H2,1-2H3,(H,41,42).